The molecular weight excluding hydrogens is 531 g/mol. The molecule has 0 aromatic carbocycles. The van der Waals surface area contributed by atoms with Crippen LogP contribution in [0, 0.1) is 24.2 Å². The summed E-state index contributed by atoms with van der Waals surface area (Å²) >= 11 is 1.22. The average Bonchev–Trinajstić information content (AvgIpc) is 3.24. The predicted octanol–water partition coefficient (Wildman–Crippen LogP) is 4.00. The molecule has 204 valence electrons. The molecule has 3 atom stereocenters. The zero-order valence-corrected chi connectivity index (χ0v) is 22.3. The third-order valence-electron chi connectivity index (χ3n) is 8.16. The fourth-order valence-corrected chi connectivity index (χ4v) is 7.10. The maximum absolute atomic E-state index is 13.8. The van der Waals surface area contributed by atoms with Gasteiger partial charge >= 0.3 is 6.18 Å². The lowest BCUT2D eigenvalue weighted by molar-refractivity contribution is -0.144. The zero-order valence-electron chi connectivity index (χ0n) is 21.5. The minimum Gasteiger partial charge on any atom is -0.337 e. The third kappa shape index (κ3) is 4.03. The molecule has 5 heterocycles. The maximum Gasteiger partial charge on any atom is 0.433 e. The largest absolute Gasteiger partial charge is 0.433 e. The third-order valence-corrected chi connectivity index (χ3v) is 9.30. The van der Waals surface area contributed by atoms with Crippen LogP contribution in [0.3, 0.4) is 0 Å². The Balaban J connectivity index is 1.43. The van der Waals surface area contributed by atoms with E-state index in [1.807, 2.05) is 13.8 Å². The Morgan fingerprint density at radius 1 is 1.21 bits per heavy atom. The number of nitrogens with zero attached hydrogens (tertiary/aromatic N) is 4. The normalized spacial score (nSPS) is 24.1. The van der Waals surface area contributed by atoms with E-state index in [0.717, 1.165) is 6.07 Å². The first kappa shape index (κ1) is 25.9. The van der Waals surface area contributed by atoms with Gasteiger partial charge in [0.05, 0.1) is 39.9 Å². The van der Waals surface area contributed by atoms with Crippen molar-refractivity contribution in [2.24, 2.45) is 23.0 Å². The summed E-state index contributed by atoms with van der Waals surface area (Å²) in [7, 11) is 0. The van der Waals surface area contributed by atoms with Gasteiger partial charge in [-0.25, -0.2) is 4.98 Å². The lowest BCUT2D eigenvalue weighted by Gasteiger charge is -2.21. The molecule has 1 aliphatic carbocycles. The van der Waals surface area contributed by atoms with Crippen molar-refractivity contribution < 1.29 is 27.6 Å². The SMILES string of the molecule is Cc1cc(C(F)(F)F)nc(-c2ccnc3cc(CN4C(=O)C5C(C4=O)C5(C)C)sc23)c1C(=O)N1CC[C@H](N)C1. The molecule has 3 aromatic rings. The molecule has 0 spiro atoms. The Morgan fingerprint density at radius 2 is 1.90 bits per heavy atom. The highest BCUT2D eigenvalue weighted by molar-refractivity contribution is 7.19. The number of aromatic nitrogens is 2. The Morgan fingerprint density at radius 3 is 2.51 bits per heavy atom. The summed E-state index contributed by atoms with van der Waals surface area (Å²) in [4.78, 5) is 51.0. The number of hydrogen-bond donors (Lipinski definition) is 1. The molecule has 8 nitrogen and oxygen atoms in total. The van der Waals surface area contributed by atoms with Crippen LogP contribution in [0.15, 0.2) is 24.4 Å². The molecule has 2 saturated heterocycles. The van der Waals surface area contributed by atoms with E-state index >= 15 is 0 Å². The molecule has 39 heavy (non-hydrogen) atoms. The summed E-state index contributed by atoms with van der Waals surface area (Å²) in [6.45, 7) is 6.07. The summed E-state index contributed by atoms with van der Waals surface area (Å²) in [5.74, 6) is -1.44. The summed E-state index contributed by atoms with van der Waals surface area (Å²) < 4.78 is 41.9. The number of thiophene rings is 1. The number of aryl methyl sites for hydroxylation is 1. The van der Waals surface area contributed by atoms with Crippen molar-refractivity contribution in [3.8, 4) is 11.3 Å². The first-order valence-electron chi connectivity index (χ1n) is 12.7. The second kappa shape index (κ2) is 8.56. The van der Waals surface area contributed by atoms with Gasteiger partial charge in [0.25, 0.3) is 5.91 Å². The highest BCUT2D eigenvalue weighted by Crippen LogP contribution is 2.63. The topological polar surface area (TPSA) is 109 Å². The highest BCUT2D eigenvalue weighted by atomic mass is 32.1. The number of carbonyl (C=O) groups is 3. The van der Waals surface area contributed by atoms with Gasteiger partial charge in [0.1, 0.15) is 5.69 Å². The van der Waals surface area contributed by atoms with E-state index < -0.39 is 17.8 Å². The first-order chi connectivity index (χ1) is 18.3. The molecule has 2 aliphatic heterocycles. The molecule has 1 saturated carbocycles. The number of amides is 3. The average molecular weight is 558 g/mol. The fourth-order valence-electron chi connectivity index (χ4n) is 5.98. The molecular formula is C27H26F3N5O3S. The van der Waals surface area contributed by atoms with Crippen LogP contribution in [0.4, 0.5) is 13.2 Å². The summed E-state index contributed by atoms with van der Waals surface area (Å²) in [6.07, 6.45) is -2.65. The van der Waals surface area contributed by atoms with Crippen molar-refractivity contribution in [1.82, 2.24) is 19.8 Å². The van der Waals surface area contributed by atoms with Crippen LogP contribution in [-0.2, 0) is 22.3 Å². The van der Waals surface area contributed by atoms with Gasteiger partial charge in [-0.15, -0.1) is 11.3 Å². The number of carbonyl (C=O) groups excluding carboxylic acids is 3. The standard InChI is InChI=1S/C27H26F3N5O3S/c1-12-8-17(27(28,29)30)33-21(18(12)23(36)34-7-5-13(31)10-34)15-4-6-32-16-9-14(39-22(15)16)11-35-24(37)19-20(25(35)38)26(19,2)3/h4,6,8-9,13,19-20H,5,7,10-11,31H2,1-3H3/t13-,19?,20?/m0/s1. The molecule has 0 radical (unpaired) electrons. The molecule has 12 heteroatoms. The lowest BCUT2D eigenvalue weighted by atomic mass is 9.99. The molecule has 3 aromatic heterocycles. The van der Waals surface area contributed by atoms with Gasteiger partial charge in [-0.2, -0.15) is 13.2 Å². The van der Waals surface area contributed by atoms with Crippen molar-refractivity contribution >= 4 is 39.3 Å². The van der Waals surface area contributed by atoms with Crippen LogP contribution >= 0.6 is 11.3 Å². The second-order valence-corrected chi connectivity index (χ2v) is 12.3. The van der Waals surface area contributed by atoms with E-state index in [0.29, 0.717) is 40.2 Å². The predicted molar refractivity (Wildman–Crippen MR) is 137 cm³/mol. The van der Waals surface area contributed by atoms with Crippen molar-refractivity contribution in [3.63, 3.8) is 0 Å². The number of imide groups is 1. The van der Waals surface area contributed by atoms with Gasteiger partial charge in [-0.05, 0) is 42.5 Å². The van der Waals surface area contributed by atoms with Gasteiger partial charge < -0.3 is 10.6 Å². The van der Waals surface area contributed by atoms with Crippen molar-refractivity contribution in [2.75, 3.05) is 13.1 Å². The van der Waals surface area contributed by atoms with Crippen LogP contribution < -0.4 is 5.73 Å². The fraction of sp³-hybridized carbons (Fsp3) is 0.444. The van der Waals surface area contributed by atoms with Crippen molar-refractivity contribution in [1.29, 1.82) is 0 Å². The molecule has 0 bridgehead atoms. The number of fused-ring (bicyclic) bond motifs is 2. The number of pyridine rings is 2. The van der Waals surface area contributed by atoms with E-state index in [4.69, 9.17) is 5.73 Å². The Labute approximate surface area is 226 Å². The molecule has 3 aliphatic rings. The summed E-state index contributed by atoms with van der Waals surface area (Å²) in [6, 6.07) is 3.96. The van der Waals surface area contributed by atoms with E-state index in [1.165, 1.54) is 29.4 Å². The second-order valence-electron chi connectivity index (χ2n) is 11.2. The molecule has 2 unspecified atom stereocenters. The number of alkyl halides is 3. The number of likely N-dealkylation sites (tertiary alicyclic amines) is 2. The van der Waals surface area contributed by atoms with Gasteiger partial charge in [-0.1, -0.05) is 13.8 Å². The Bertz CT molecular complexity index is 1540. The highest BCUT2D eigenvalue weighted by Gasteiger charge is 2.72. The molecule has 3 fully saturated rings. The van der Waals surface area contributed by atoms with Crippen LogP contribution in [0.2, 0.25) is 0 Å². The van der Waals surface area contributed by atoms with E-state index in [-0.39, 0.29) is 58.5 Å². The lowest BCUT2D eigenvalue weighted by Crippen LogP contribution is -2.35. The Hall–Kier alpha value is -3.38. The van der Waals surface area contributed by atoms with Crippen LogP contribution in [0.5, 0.6) is 0 Å². The maximum atomic E-state index is 13.8. The van der Waals surface area contributed by atoms with Gasteiger partial charge in [0.15, 0.2) is 0 Å². The number of nitrogens with two attached hydrogens (primary N) is 1. The summed E-state index contributed by atoms with van der Waals surface area (Å²) in [5.41, 5.74) is 5.55. The van der Waals surface area contributed by atoms with Gasteiger partial charge in [0, 0.05) is 35.8 Å². The summed E-state index contributed by atoms with van der Waals surface area (Å²) in [5, 5.41) is 0. The number of halogens is 3. The smallest absolute Gasteiger partial charge is 0.337 e. The zero-order chi connectivity index (χ0) is 28.0. The van der Waals surface area contributed by atoms with Crippen molar-refractivity contribution in [3.05, 3.63) is 46.1 Å². The molecule has 6 rings (SSSR count). The first-order valence-corrected chi connectivity index (χ1v) is 13.5. The van der Waals surface area contributed by atoms with Crippen LogP contribution in [0.1, 0.15) is 46.8 Å². The number of hydrogen-bond acceptors (Lipinski definition) is 7. The Kier molecular flexibility index (Phi) is 5.68. The van der Waals surface area contributed by atoms with Crippen molar-refractivity contribution in [2.45, 2.75) is 46.0 Å². The minimum absolute atomic E-state index is 0.0632. The van der Waals surface area contributed by atoms with E-state index in [9.17, 15) is 27.6 Å². The monoisotopic (exact) mass is 557 g/mol. The minimum atomic E-state index is -4.71. The van der Waals surface area contributed by atoms with Crippen LogP contribution in [-0.4, -0.2) is 56.6 Å². The quantitative estimate of drug-likeness (QED) is 0.486. The van der Waals surface area contributed by atoms with E-state index in [1.54, 1.807) is 17.0 Å². The number of rotatable bonds is 4. The van der Waals surface area contributed by atoms with E-state index in [2.05, 4.69) is 9.97 Å². The van der Waals surface area contributed by atoms with Crippen LogP contribution in [0.25, 0.3) is 21.5 Å². The molecule has 2 N–H and O–H groups in total. The molecule has 3 amide bonds. The van der Waals surface area contributed by atoms with Gasteiger partial charge in [-0.3, -0.25) is 24.3 Å². The number of piperidine rings is 1. The van der Waals surface area contributed by atoms with Gasteiger partial charge in [0.2, 0.25) is 11.8 Å².